The van der Waals surface area contributed by atoms with Crippen molar-refractivity contribution in [3.63, 3.8) is 0 Å². The summed E-state index contributed by atoms with van der Waals surface area (Å²) in [5, 5.41) is 3.14. The molecule has 3 aromatic rings. The summed E-state index contributed by atoms with van der Waals surface area (Å²) in [5.41, 5.74) is 1.83. The van der Waals surface area contributed by atoms with Crippen LogP contribution < -0.4 is 9.62 Å². The Morgan fingerprint density at radius 2 is 1.57 bits per heavy atom. The summed E-state index contributed by atoms with van der Waals surface area (Å²) < 4.78 is 40.9. The highest BCUT2D eigenvalue weighted by molar-refractivity contribution is 9.10. The Bertz CT molecular complexity index is 1400. The van der Waals surface area contributed by atoms with E-state index in [-0.39, 0.29) is 30.6 Å². The molecular weight excluding hydrogens is 597 g/mol. The van der Waals surface area contributed by atoms with Gasteiger partial charge in [0.05, 0.1) is 11.9 Å². The van der Waals surface area contributed by atoms with Gasteiger partial charge in [0.15, 0.2) is 0 Å². The molecule has 0 heterocycles. The van der Waals surface area contributed by atoms with Gasteiger partial charge in [-0.2, -0.15) is 0 Å². The largest absolute Gasteiger partial charge is 0.352 e. The zero-order valence-electron chi connectivity index (χ0n) is 22.3. The molecule has 1 atom stereocenters. The molecule has 1 N–H and O–H groups in total. The second-order valence-electron chi connectivity index (χ2n) is 10.1. The molecule has 3 aromatic carbocycles. The Morgan fingerprint density at radius 1 is 0.950 bits per heavy atom. The number of carbonyl (C=O) groups is 2. The lowest BCUT2D eigenvalue weighted by molar-refractivity contribution is -0.140. The molecule has 0 bridgehead atoms. The monoisotopic (exact) mass is 629 g/mol. The summed E-state index contributed by atoms with van der Waals surface area (Å²) in [6.45, 7) is -0.439. The van der Waals surface area contributed by atoms with Crippen LogP contribution in [0.4, 0.5) is 10.1 Å². The number of hydrogen-bond acceptors (Lipinski definition) is 4. The maximum absolute atomic E-state index is 14.0. The topological polar surface area (TPSA) is 86.8 Å². The van der Waals surface area contributed by atoms with E-state index in [9.17, 15) is 22.4 Å². The molecule has 0 spiro atoms. The minimum Gasteiger partial charge on any atom is -0.352 e. The summed E-state index contributed by atoms with van der Waals surface area (Å²) >= 11 is 3.43. The van der Waals surface area contributed by atoms with E-state index in [0.29, 0.717) is 0 Å². The van der Waals surface area contributed by atoms with Crippen LogP contribution in [0.1, 0.15) is 36.8 Å². The first-order valence-electron chi connectivity index (χ1n) is 13.2. The molecule has 10 heteroatoms. The lowest BCUT2D eigenvalue weighted by Crippen LogP contribution is -2.54. The van der Waals surface area contributed by atoms with Crippen LogP contribution in [-0.2, 0) is 32.6 Å². The molecular formula is C30H33BrFN3O4S. The van der Waals surface area contributed by atoms with Crippen molar-refractivity contribution < 1.29 is 22.4 Å². The van der Waals surface area contributed by atoms with E-state index < -0.39 is 34.3 Å². The van der Waals surface area contributed by atoms with Crippen LogP contribution in [0.3, 0.4) is 0 Å². The average molecular weight is 631 g/mol. The third-order valence-corrected chi connectivity index (χ3v) is 8.70. The summed E-state index contributed by atoms with van der Waals surface area (Å²) in [5.74, 6) is -1.33. The Labute approximate surface area is 243 Å². The van der Waals surface area contributed by atoms with Crippen molar-refractivity contribution in [3.8, 4) is 0 Å². The first-order chi connectivity index (χ1) is 19.1. The zero-order valence-corrected chi connectivity index (χ0v) is 24.7. The smallest absolute Gasteiger partial charge is 0.244 e. The quantitative estimate of drug-likeness (QED) is 0.321. The van der Waals surface area contributed by atoms with E-state index >= 15 is 0 Å². The van der Waals surface area contributed by atoms with Gasteiger partial charge >= 0.3 is 0 Å². The normalized spacial score (nSPS) is 14.5. The summed E-state index contributed by atoms with van der Waals surface area (Å²) in [6.07, 6.45) is 5.11. The Morgan fingerprint density at radius 3 is 2.17 bits per heavy atom. The van der Waals surface area contributed by atoms with Crippen molar-refractivity contribution in [2.45, 2.75) is 50.7 Å². The van der Waals surface area contributed by atoms with E-state index in [4.69, 9.17) is 0 Å². The minimum atomic E-state index is -3.90. The lowest BCUT2D eigenvalue weighted by atomic mass is 10.0. The molecule has 1 saturated carbocycles. The van der Waals surface area contributed by atoms with Gasteiger partial charge in [-0.25, -0.2) is 12.8 Å². The van der Waals surface area contributed by atoms with Crippen LogP contribution in [0, 0.1) is 5.82 Å². The molecule has 7 nitrogen and oxygen atoms in total. The Kier molecular flexibility index (Phi) is 9.97. The van der Waals surface area contributed by atoms with E-state index in [2.05, 4.69) is 21.2 Å². The van der Waals surface area contributed by atoms with Gasteiger partial charge in [-0.1, -0.05) is 71.2 Å². The van der Waals surface area contributed by atoms with Crippen molar-refractivity contribution in [3.05, 3.63) is 100 Å². The van der Waals surface area contributed by atoms with Gasteiger partial charge in [-0.3, -0.25) is 13.9 Å². The summed E-state index contributed by atoms with van der Waals surface area (Å²) in [7, 11) is -3.90. The lowest BCUT2D eigenvalue weighted by Gasteiger charge is -2.34. The number of halogens is 2. The molecule has 212 valence electrons. The fraction of sp³-hybridized carbons (Fsp3) is 0.333. The van der Waals surface area contributed by atoms with Crippen molar-refractivity contribution in [1.29, 1.82) is 0 Å². The molecule has 40 heavy (non-hydrogen) atoms. The molecule has 0 saturated heterocycles. The molecule has 1 aliphatic rings. The first-order valence-corrected chi connectivity index (χ1v) is 15.9. The van der Waals surface area contributed by atoms with Crippen LogP contribution in [0.2, 0.25) is 0 Å². The van der Waals surface area contributed by atoms with E-state index in [1.54, 1.807) is 0 Å². The van der Waals surface area contributed by atoms with Crippen molar-refractivity contribution in [2.24, 2.45) is 0 Å². The number of nitrogens with zero attached hydrogens (tertiary/aromatic N) is 2. The molecule has 1 unspecified atom stereocenters. The van der Waals surface area contributed by atoms with Gasteiger partial charge in [0.2, 0.25) is 21.8 Å². The zero-order chi connectivity index (χ0) is 28.7. The van der Waals surface area contributed by atoms with Gasteiger partial charge in [-0.05, 0) is 60.4 Å². The van der Waals surface area contributed by atoms with Crippen molar-refractivity contribution in [1.82, 2.24) is 10.2 Å². The Balaban J connectivity index is 1.71. The number of benzene rings is 3. The standard InChI is InChI=1S/C30H33BrFN3O4S/c1-40(38,39)35(27-17-15-25(32)16-18-27)21-29(36)34(20-23-11-13-24(31)14-12-23)28(19-22-7-3-2-4-8-22)30(37)33-26-9-5-6-10-26/h2-4,7-8,11-18,26,28H,5-6,9-10,19-21H2,1H3,(H,33,37). The predicted octanol–water partition coefficient (Wildman–Crippen LogP) is 5.05. The second kappa shape index (κ2) is 13.4. The van der Waals surface area contributed by atoms with Crippen LogP contribution >= 0.6 is 15.9 Å². The number of carbonyl (C=O) groups excluding carboxylic acids is 2. The second-order valence-corrected chi connectivity index (χ2v) is 12.9. The highest BCUT2D eigenvalue weighted by atomic mass is 79.9. The maximum Gasteiger partial charge on any atom is 0.244 e. The molecule has 2 amide bonds. The third-order valence-electron chi connectivity index (χ3n) is 7.03. The van der Waals surface area contributed by atoms with E-state index in [1.165, 1.54) is 17.0 Å². The molecule has 0 radical (unpaired) electrons. The molecule has 1 aliphatic carbocycles. The van der Waals surface area contributed by atoms with E-state index in [1.807, 2.05) is 54.6 Å². The summed E-state index contributed by atoms with van der Waals surface area (Å²) in [6, 6.07) is 20.9. The summed E-state index contributed by atoms with van der Waals surface area (Å²) in [4.78, 5) is 29.3. The fourth-order valence-electron chi connectivity index (χ4n) is 4.93. The Hall–Kier alpha value is -3.24. The molecule has 1 fully saturated rings. The van der Waals surface area contributed by atoms with Gasteiger partial charge in [-0.15, -0.1) is 0 Å². The molecule has 0 aliphatic heterocycles. The van der Waals surface area contributed by atoms with Crippen molar-refractivity contribution in [2.75, 3.05) is 17.1 Å². The fourth-order valence-corrected chi connectivity index (χ4v) is 6.04. The van der Waals surface area contributed by atoms with Gasteiger partial charge in [0.1, 0.15) is 18.4 Å². The molecule has 4 rings (SSSR count). The van der Waals surface area contributed by atoms with Crippen LogP contribution in [0.5, 0.6) is 0 Å². The SMILES string of the molecule is CS(=O)(=O)N(CC(=O)N(Cc1ccc(Br)cc1)C(Cc1ccccc1)C(=O)NC1CCCC1)c1ccc(F)cc1. The van der Waals surface area contributed by atoms with Crippen LogP contribution in [0.15, 0.2) is 83.3 Å². The number of sulfonamides is 1. The average Bonchev–Trinajstić information content (AvgIpc) is 3.44. The highest BCUT2D eigenvalue weighted by Gasteiger charge is 2.34. The maximum atomic E-state index is 14.0. The van der Waals surface area contributed by atoms with Crippen molar-refractivity contribution >= 4 is 43.5 Å². The highest BCUT2D eigenvalue weighted by Crippen LogP contribution is 2.23. The van der Waals surface area contributed by atoms with Gasteiger partial charge < -0.3 is 10.2 Å². The van der Waals surface area contributed by atoms with Crippen LogP contribution in [0.25, 0.3) is 0 Å². The third kappa shape index (κ3) is 8.14. The number of rotatable bonds is 11. The number of anilines is 1. The predicted molar refractivity (Wildman–Crippen MR) is 158 cm³/mol. The number of amides is 2. The van der Waals surface area contributed by atoms with Gasteiger partial charge in [0.25, 0.3) is 0 Å². The van der Waals surface area contributed by atoms with Gasteiger partial charge in [0, 0.05) is 23.5 Å². The minimum absolute atomic E-state index is 0.0436. The number of hydrogen-bond donors (Lipinski definition) is 1. The van der Waals surface area contributed by atoms with Crippen LogP contribution in [-0.4, -0.2) is 50.0 Å². The molecule has 0 aromatic heterocycles. The number of nitrogens with one attached hydrogen (secondary N) is 1. The first kappa shape index (κ1) is 29.7. The van der Waals surface area contributed by atoms with E-state index in [0.717, 1.165) is 64.0 Å².